The Labute approximate surface area is 125 Å². The van der Waals surface area contributed by atoms with Gasteiger partial charge in [-0.1, -0.05) is 0 Å². The van der Waals surface area contributed by atoms with Gasteiger partial charge in [-0.2, -0.15) is 0 Å². The van der Waals surface area contributed by atoms with Gasteiger partial charge >= 0.3 is 0 Å². The first-order valence-corrected chi connectivity index (χ1v) is 7.26. The lowest BCUT2D eigenvalue weighted by atomic mass is 10.1. The Balaban J connectivity index is 2.46. The van der Waals surface area contributed by atoms with Crippen LogP contribution in [0.25, 0.3) is 0 Å². The molecule has 0 spiro atoms. The smallest absolute Gasteiger partial charge is 0.0869 e. The summed E-state index contributed by atoms with van der Waals surface area (Å²) in [6, 6.07) is 1.96. The summed E-state index contributed by atoms with van der Waals surface area (Å²) in [5.74, 6) is 0. The first kappa shape index (κ1) is 16.0. The Morgan fingerprint density at radius 1 is 1.44 bits per heavy atom. The highest BCUT2D eigenvalue weighted by Crippen LogP contribution is 2.19. The molecule has 1 unspecified atom stereocenters. The number of aromatic nitrogens is 1. The molecule has 0 aromatic carbocycles. The van der Waals surface area contributed by atoms with Crippen molar-refractivity contribution >= 4 is 31.9 Å². The number of halogens is 2. The summed E-state index contributed by atoms with van der Waals surface area (Å²) < 4.78 is 1.90. The van der Waals surface area contributed by atoms with E-state index in [0.717, 1.165) is 14.6 Å². The van der Waals surface area contributed by atoms with Gasteiger partial charge in [-0.05, 0) is 58.9 Å². The molecule has 0 saturated carbocycles. The van der Waals surface area contributed by atoms with Gasteiger partial charge in [-0.15, -0.1) is 0 Å². The quantitative estimate of drug-likeness (QED) is 0.792. The molecule has 0 aliphatic rings. The molecular weight excluding hydrogens is 362 g/mol. The van der Waals surface area contributed by atoms with E-state index in [0.29, 0.717) is 19.6 Å². The predicted octanol–water partition coefficient (Wildman–Crippen LogP) is 2.01. The molecule has 102 valence electrons. The molecule has 1 rings (SSSR count). The van der Waals surface area contributed by atoms with E-state index in [-0.39, 0.29) is 0 Å². The summed E-state index contributed by atoms with van der Waals surface area (Å²) in [5.41, 5.74) is 0.185. The Kier molecular flexibility index (Phi) is 6.20. The van der Waals surface area contributed by atoms with Crippen molar-refractivity contribution < 1.29 is 5.11 Å². The third kappa shape index (κ3) is 5.75. The molecule has 0 amide bonds. The highest BCUT2D eigenvalue weighted by Gasteiger charge is 2.20. The molecule has 2 N–H and O–H groups in total. The number of hydrogen-bond donors (Lipinski definition) is 2. The zero-order valence-electron chi connectivity index (χ0n) is 10.9. The van der Waals surface area contributed by atoms with Crippen molar-refractivity contribution in [2.75, 3.05) is 27.2 Å². The van der Waals surface area contributed by atoms with E-state index in [1.807, 2.05) is 32.0 Å². The maximum absolute atomic E-state index is 10.1. The molecule has 1 atom stereocenters. The zero-order chi connectivity index (χ0) is 13.8. The van der Waals surface area contributed by atoms with Gasteiger partial charge in [0.25, 0.3) is 0 Å². The Morgan fingerprint density at radius 3 is 2.67 bits per heavy atom. The zero-order valence-corrected chi connectivity index (χ0v) is 14.0. The summed E-state index contributed by atoms with van der Waals surface area (Å²) in [6.45, 7) is 3.59. The van der Waals surface area contributed by atoms with Crippen LogP contribution >= 0.6 is 31.9 Å². The van der Waals surface area contributed by atoms with E-state index in [1.165, 1.54) is 0 Å². The second kappa shape index (κ2) is 6.96. The molecule has 1 aromatic rings. The van der Waals surface area contributed by atoms with Crippen LogP contribution in [0, 0.1) is 0 Å². The largest absolute Gasteiger partial charge is 0.388 e. The Morgan fingerprint density at radius 2 is 2.11 bits per heavy atom. The summed E-state index contributed by atoms with van der Waals surface area (Å²) in [6.07, 6.45) is 1.76. The highest BCUT2D eigenvalue weighted by atomic mass is 79.9. The molecule has 0 fully saturated rings. The molecule has 0 bridgehead atoms. The van der Waals surface area contributed by atoms with Crippen LogP contribution in [0.15, 0.2) is 21.2 Å². The average Bonchev–Trinajstić information content (AvgIpc) is 2.19. The number of nitrogens with zero attached hydrogens (tertiary/aromatic N) is 2. The second-order valence-corrected chi connectivity index (χ2v) is 6.69. The van der Waals surface area contributed by atoms with Crippen molar-refractivity contribution in [2.24, 2.45) is 0 Å². The lowest BCUT2D eigenvalue weighted by Crippen LogP contribution is -2.45. The van der Waals surface area contributed by atoms with Gasteiger partial charge in [-0.25, -0.2) is 0 Å². The fourth-order valence-electron chi connectivity index (χ4n) is 1.76. The lowest BCUT2D eigenvalue weighted by molar-refractivity contribution is 0.0335. The first-order chi connectivity index (χ1) is 8.30. The van der Waals surface area contributed by atoms with E-state index in [1.54, 1.807) is 6.20 Å². The predicted molar refractivity (Wildman–Crippen MR) is 80.5 cm³/mol. The minimum atomic E-state index is -0.745. The van der Waals surface area contributed by atoms with Crippen molar-refractivity contribution in [3.63, 3.8) is 0 Å². The fraction of sp³-hybridized carbons (Fsp3) is 0.583. The fourth-order valence-corrected chi connectivity index (χ4v) is 2.89. The van der Waals surface area contributed by atoms with Gasteiger partial charge in [0.2, 0.25) is 0 Å². The number of aliphatic hydroxyl groups is 1. The molecule has 0 radical (unpaired) electrons. The molecule has 0 saturated heterocycles. The molecular formula is C12H19Br2N3O. The molecule has 18 heavy (non-hydrogen) atoms. The summed E-state index contributed by atoms with van der Waals surface area (Å²) in [4.78, 5) is 6.28. The van der Waals surface area contributed by atoms with Crippen molar-refractivity contribution in [3.05, 3.63) is 26.9 Å². The summed E-state index contributed by atoms with van der Waals surface area (Å²) in [7, 11) is 3.89. The molecule has 0 aliphatic carbocycles. The SMILES string of the molecule is CN(C)CC(C)(O)CNCc1ncc(Br)cc1Br. The van der Waals surface area contributed by atoms with Gasteiger partial charge in [0.15, 0.2) is 0 Å². The number of rotatable bonds is 6. The minimum absolute atomic E-state index is 0.523. The van der Waals surface area contributed by atoms with Gasteiger partial charge in [0.1, 0.15) is 0 Å². The summed E-state index contributed by atoms with van der Waals surface area (Å²) in [5, 5.41) is 13.4. The van der Waals surface area contributed by atoms with Crippen LogP contribution in [0.3, 0.4) is 0 Å². The van der Waals surface area contributed by atoms with E-state index in [2.05, 4.69) is 42.2 Å². The van der Waals surface area contributed by atoms with Crippen molar-refractivity contribution in [3.8, 4) is 0 Å². The van der Waals surface area contributed by atoms with Gasteiger partial charge < -0.3 is 15.3 Å². The van der Waals surface area contributed by atoms with Crippen LogP contribution < -0.4 is 5.32 Å². The normalized spacial score (nSPS) is 14.8. The van der Waals surface area contributed by atoms with Crippen molar-refractivity contribution in [2.45, 2.75) is 19.1 Å². The maximum Gasteiger partial charge on any atom is 0.0869 e. The Hall–Kier alpha value is -0.0100. The van der Waals surface area contributed by atoms with Gasteiger partial charge in [0, 0.05) is 34.8 Å². The second-order valence-electron chi connectivity index (χ2n) is 4.92. The topological polar surface area (TPSA) is 48.4 Å². The monoisotopic (exact) mass is 379 g/mol. The average molecular weight is 381 g/mol. The lowest BCUT2D eigenvalue weighted by Gasteiger charge is -2.27. The Bertz CT molecular complexity index is 397. The highest BCUT2D eigenvalue weighted by molar-refractivity contribution is 9.11. The van der Waals surface area contributed by atoms with E-state index < -0.39 is 5.60 Å². The number of likely N-dealkylation sites (N-methyl/N-ethyl adjacent to an activating group) is 1. The van der Waals surface area contributed by atoms with E-state index in [9.17, 15) is 5.11 Å². The van der Waals surface area contributed by atoms with Crippen LogP contribution in [0.2, 0.25) is 0 Å². The number of nitrogens with one attached hydrogen (secondary N) is 1. The third-order valence-corrected chi connectivity index (χ3v) is 3.46. The van der Waals surface area contributed by atoms with Crippen molar-refractivity contribution in [1.29, 1.82) is 0 Å². The van der Waals surface area contributed by atoms with Crippen LogP contribution in [0.4, 0.5) is 0 Å². The van der Waals surface area contributed by atoms with Gasteiger partial charge in [0.05, 0.1) is 11.3 Å². The van der Waals surface area contributed by atoms with E-state index >= 15 is 0 Å². The number of pyridine rings is 1. The maximum atomic E-state index is 10.1. The summed E-state index contributed by atoms with van der Waals surface area (Å²) >= 11 is 6.83. The molecule has 1 heterocycles. The van der Waals surface area contributed by atoms with Crippen LogP contribution in [-0.2, 0) is 6.54 Å². The molecule has 6 heteroatoms. The van der Waals surface area contributed by atoms with Crippen LogP contribution in [-0.4, -0.2) is 47.8 Å². The first-order valence-electron chi connectivity index (χ1n) is 5.68. The molecule has 1 aromatic heterocycles. The molecule has 4 nitrogen and oxygen atoms in total. The van der Waals surface area contributed by atoms with Crippen LogP contribution in [0.1, 0.15) is 12.6 Å². The van der Waals surface area contributed by atoms with Crippen LogP contribution in [0.5, 0.6) is 0 Å². The minimum Gasteiger partial charge on any atom is -0.388 e. The molecule has 0 aliphatic heterocycles. The van der Waals surface area contributed by atoms with E-state index in [4.69, 9.17) is 0 Å². The number of hydrogen-bond acceptors (Lipinski definition) is 4. The standard InChI is InChI=1S/C12H19Br2N3O/c1-12(18,8-17(2)3)7-15-6-11-10(14)4-9(13)5-16-11/h4-5,15,18H,6-8H2,1-3H3. The van der Waals surface area contributed by atoms with Crippen molar-refractivity contribution in [1.82, 2.24) is 15.2 Å². The third-order valence-electron chi connectivity index (χ3n) is 2.34. The van der Waals surface area contributed by atoms with Gasteiger partial charge in [-0.3, -0.25) is 4.98 Å².